The number of rotatable bonds is 6. The molecule has 0 bridgehead atoms. The first-order valence-corrected chi connectivity index (χ1v) is 6.50. The Kier molecular flexibility index (Phi) is 3.77. The third-order valence-electron chi connectivity index (χ3n) is 3.24. The molecule has 3 nitrogen and oxygen atoms in total. The second-order valence-corrected chi connectivity index (χ2v) is 4.84. The quantitative estimate of drug-likeness (QED) is 0.743. The van der Waals surface area contributed by atoms with Crippen molar-refractivity contribution in [1.29, 1.82) is 0 Å². The van der Waals surface area contributed by atoms with Crippen LogP contribution in [0, 0.1) is 5.92 Å². The van der Waals surface area contributed by atoms with Gasteiger partial charge in [-0.15, -0.1) is 0 Å². The van der Waals surface area contributed by atoms with E-state index >= 15 is 0 Å². The molecule has 1 atom stereocenters. The highest BCUT2D eigenvalue weighted by molar-refractivity contribution is 5.73. The molecule has 1 aliphatic carbocycles. The molecule has 0 aliphatic heterocycles. The Labute approximate surface area is 103 Å². The van der Waals surface area contributed by atoms with Crippen molar-refractivity contribution in [1.82, 2.24) is 0 Å². The maximum Gasteiger partial charge on any atom is 0.144 e. The fraction of sp³-hybridized carbons (Fsp3) is 0.571. The van der Waals surface area contributed by atoms with E-state index in [0.717, 1.165) is 29.5 Å². The molecule has 0 spiro atoms. The average molecular weight is 234 g/mol. The van der Waals surface area contributed by atoms with Gasteiger partial charge in [0.15, 0.2) is 0 Å². The highest BCUT2D eigenvalue weighted by Crippen LogP contribution is 2.36. The zero-order chi connectivity index (χ0) is 12.3. The number of nitrogen functional groups attached to an aromatic ring is 1. The maximum atomic E-state index is 6.11. The lowest BCUT2D eigenvalue weighted by atomic mass is 10.2. The van der Waals surface area contributed by atoms with E-state index in [-0.39, 0.29) is 0 Å². The first-order valence-electron chi connectivity index (χ1n) is 6.50. The van der Waals surface area contributed by atoms with E-state index < -0.39 is 0 Å². The van der Waals surface area contributed by atoms with Crippen LogP contribution in [0.5, 0.6) is 5.75 Å². The molecule has 1 aromatic carbocycles. The normalized spacial score (nSPS) is 16.6. The van der Waals surface area contributed by atoms with Crippen LogP contribution in [0.3, 0.4) is 0 Å². The van der Waals surface area contributed by atoms with E-state index in [9.17, 15) is 0 Å². The molecule has 0 heterocycles. The van der Waals surface area contributed by atoms with Crippen LogP contribution in [0.2, 0.25) is 0 Å². The lowest BCUT2D eigenvalue weighted by Gasteiger charge is -2.18. The topological polar surface area (TPSA) is 47.3 Å². The Morgan fingerprint density at radius 3 is 2.88 bits per heavy atom. The van der Waals surface area contributed by atoms with E-state index in [4.69, 9.17) is 10.5 Å². The molecule has 2 rings (SSSR count). The monoisotopic (exact) mass is 234 g/mol. The summed E-state index contributed by atoms with van der Waals surface area (Å²) in [5.74, 6) is 1.61. The predicted molar refractivity (Wildman–Crippen MR) is 72.4 cm³/mol. The number of hydrogen-bond acceptors (Lipinski definition) is 3. The summed E-state index contributed by atoms with van der Waals surface area (Å²) in [6.07, 6.45) is 3.66. The van der Waals surface area contributed by atoms with Crippen molar-refractivity contribution in [2.24, 2.45) is 5.92 Å². The Morgan fingerprint density at radius 1 is 1.47 bits per heavy atom. The minimum absolute atomic E-state index is 0.499. The standard InChI is InChI=1S/C14H22N2O/c1-3-9-17-13-6-4-5-12(14(13)15)16-10(2)11-7-8-11/h4-6,10-11,16H,3,7-9,15H2,1-2H3. The maximum absolute atomic E-state index is 6.11. The number of para-hydroxylation sites is 1. The Balaban J connectivity index is 2.05. The summed E-state index contributed by atoms with van der Waals surface area (Å²) < 4.78 is 5.62. The van der Waals surface area contributed by atoms with Crippen LogP contribution in [0.4, 0.5) is 11.4 Å². The fourth-order valence-corrected chi connectivity index (χ4v) is 1.97. The van der Waals surface area contributed by atoms with Gasteiger partial charge in [0.1, 0.15) is 5.75 Å². The molecule has 3 N–H and O–H groups in total. The molecule has 1 fully saturated rings. The summed E-state index contributed by atoms with van der Waals surface area (Å²) in [7, 11) is 0. The van der Waals surface area contributed by atoms with Gasteiger partial charge in [0.25, 0.3) is 0 Å². The molecule has 94 valence electrons. The van der Waals surface area contributed by atoms with Gasteiger partial charge in [-0.25, -0.2) is 0 Å². The summed E-state index contributed by atoms with van der Waals surface area (Å²) in [5, 5.41) is 3.48. The molecule has 0 aromatic heterocycles. The number of nitrogens with two attached hydrogens (primary N) is 1. The smallest absolute Gasteiger partial charge is 0.144 e. The Hall–Kier alpha value is -1.38. The van der Waals surface area contributed by atoms with Crippen LogP contribution in [-0.4, -0.2) is 12.6 Å². The zero-order valence-electron chi connectivity index (χ0n) is 10.7. The predicted octanol–water partition coefficient (Wildman–Crippen LogP) is 3.27. The van der Waals surface area contributed by atoms with Crippen molar-refractivity contribution >= 4 is 11.4 Å². The van der Waals surface area contributed by atoms with Gasteiger partial charge in [0.05, 0.1) is 18.0 Å². The molecule has 17 heavy (non-hydrogen) atoms. The van der Waals surface area contributed by atoms with Gasteiger partial charge in [-0.05, 0) is 44.2 Å². The molecule has 0 radical (unpaired) electrons. The molecular weight excluding hydrogens is 212 g/mol. The van der Waals surface area contributed by atoms with E-state index in [1.165, 1.54) is 12.8 Å². The van der Waals surface area contributed by atoms with Crippen LogP contribution in [0.15, 0.2) is 18.2 Å². The first-order chi connectivity index (χ1) is 8.22. The average Bonchev–Trinajstić information content (AvgIpc) is 3.14. The van der Waals surface area contributed by atoms with Crippen molar-refractivity contribution in [2.45, 2.75) is 39.2 Å². The van der Waals surface area contributed by atoms with E-state index in [1.54, 1.807) is 0 Å². The Bertz CT molecular complexity index is 374. The molecule has 1 unspecified atom stereocenters. The summed E-state index contributed by atoms with van der Waals surface area (Å²) in [4.78, 5) is 0. The van der Waals surface area contributed by atoms with E-state index in [0.29, 0.717) is 12.6 Å². The van der Waals surface area contributed by atoms with Crippen LogP contribution in [0.1, 0.15) is 33.1 Å². The van der Waals surface area contributed by atoms with Crippen molar-refractivity contribution in [2.75, 3.05) is 17.7 Å². The Morgan fingerprint density at radius 2 is 2.24 bits per heavy atom. The van der Waals surface area contributed by atoms with Crippen LogP contribution >= 0.6 is 0 Å². The number of benzene rings is 1. The van der Waals surface area contributed by atoms with Gasteiger partial charge in [0.2, 0.25) is 0 Å². The number of anilines is 2. The minimum atomic E-state index is 0.499. The number of ether oxygens (including phenoxy) is 1. The third kappa shape index (κ3) is 3.05. The summed E-state index contributed by atoms with van der Waals surface area (Å²) in [5.41, 5.74) is 7.83. The SMILES string of the molecule is CCCOc1cccc(NC(C)C2CC2)c1N. The summed E-state index contributed by atoms with van der Waals surface area (Å²) in [6.45, 7) is 5.02. The lowest BCUT2D eigenvalue weighted by molar-refractivity contribution is 0.319. The summed E-state index contributed by atoms with van der Waals surface area (Å²) in [6, 6.07) is 6.44. The van der Waals surface area contributed by atoms with Gasteiger partial charge in [0, 0.05) is 6.04 Å². The minimum Gasteiger partial charge on any atom is -0.491 e. The van der Waals surface area contributed by atoms with Crippen molar-refractivity contribution < 1.29 is 4.74 Å². The molecule has 0 saturated heterocycles. The van der Waals surface area contributed by atoms with Crippen molar-refractivity contribution in [3.05, 3.63) is 18.2 Å². The fourth-order valence-electron chi connectivity index (χ4n) is 1.97. The van der Waals surface area contributed by atoms with Gasteiger partial charge < -0.3 is 15.8 Å². The van der Waals surface area contributed by atoms with E-state index in [2.05, 4.69) is 19.2 Å². The lowest BCUT2D eigenvalue weighted by Crippen LogP contribution is -2.18. The zero-order valence-corrected chi connectivity index (χ0v) is 10.7. The van der Waals surface area contributed by atoms with Crippen molar-refractivity contribution in [3.63, 3.8) is 0 Å². The molecule has 0 amide bonds. The van der Waals surface area contributed by atoms with Crippen molar-refractivity contribution in [3.8, 4) is 5.75 Å². The van der Waals surface area contributed by atoms with Crippen LogP contribution in [0.25, 0.3) is 0 Å². The molecule has 3 heteroatoms. The third-order valence-corrected chi connectivity index (χ3v) is 3.24. The largest absolute Gasteiger partial charge is 0.491 e. The highest BCUT2D eigenvalue weighted by atomic mass is 16.5. The second kappa shape index (κ2) is 5.30. The second-order valence-electron chi connectivity index (χ2n) is 4.84. The highest BCUT2D eigenvalue weighted by Gasteiger charge is 2.28. The number of hydrogen-bond donors (Lipinski definition) is 2. The van der Waals surface area contributed by atoms with Crippen LogP contribution < -0.4 is 15.8 Å². The molecule has 1 aliphatic rings. The van der Waals surface area contributed by atoms with E-state index in [1.807, 2.05) is 18.2 Å². The van der Waals surface area contributed by atoms with Gasteiger partial charge in [-0.3, -0.25) is 0 Å². The van der Waals surface area contributed by atoms with Gasteiger partial charge in [-0.1, -0.05) is 13.0 Å². The summed E-state index contributed by atoms with van der Waals surface area (Å²) >= 11 is 0. The first kappa shape index (κ1) is 12.1. The molecule has 1 saturated carbocycles. The van der Waals surface area contributed by atoms with Gasteiger partial charge in [-0.2, -0.15) is 0 Å². The van der Waals surface area contributed by atoms with Crippen LogP contribution in [-0.2, 0) is 0 Å². The molecule has 1 aromatic rings. The number of nitrogens with one attached hydrogen (secondary N) is 1. The van der Waals surface area contributed by atoms with Gasteiger partial charge >= 0.3 is 0 Å². The molecular formula is C14H22N2O.